The summed E-state index contributed by atoms with van der Waals surface area (Å²) in [6.45, 7) is 3.06. The molecule has 3 aromatic carbocycles. The van der Waals surface area contributed by atoms with Crippen molar-refractivity contribution in [1.82, 2.24) is 10.2 Å². The second-order valence-electron chi connectivity index (χ2n) is 8.30. The molecule has 0 spiro atoms. The lowest BCUT2D eigenvalue weighted by atomic mass is 10.1. The lowest BCUT2D eigenvalue weighted by Gasteiger charge is -2.32. The molecule has 9 heteroatoms. The number of aryl methyl sites for hydroxylation is 1. The number of sulfonamides is 1. The second kappa shape index (κ2) is 11.7. The topological polar surface area (TPSA) is 96.0 Å². The van der Waals surface area contributed by atoms with E-state index in [4.69, 9.17) is 4.74 Å². The maximum atomic E-state index is 13.8. The first-order chi connectivity index (χ1) is 17.2. The number of hydrogen-bond donors (Lipinski definition) is 1. The average Bonchev–Trinajstić information content (AvgIpc) is 2.90. The van der Waals surface area contributed by atoms with E-state index in [2.05, 4.69) is 5.32 Å². The number of methoxy groups -OCH3 is 1. The molecular weight excluding hydrogens is 478 g/mol. The first kappa shape index (κ1) is 26.7. The Balaban J connectivity index is 2.09. The van der Waals surface area contributed by atoms with E-state index in [0.29, 0.717) is 5.75 Å². The molecule has 0 bridgehead atoms. The highest BCUT2D eigenvalue weighted by molar-refractivity contribution is 7.92. The van der Waals surface area contributed by atoms with Crippen LogP contribution in [-0.2, 0) is 26.2 Å². The summed E-state index contributed by atoms with van der Waals surface area (Å²) in [5, 5.41) is 2.57. The molecule has 3 aromatic rings. The van der Waals surface area contributed by atoms with E-state index >= 15 is 0 Å². The Hall–Kier alpha value is -3.85. The summed E-state index contributed by atoms with van der Waals surface area (Å²) < 4.78 is 34.1. The van der Waals surface area contributed by atoms with Crippen molar-refractivity contribution in [3.8, 4) is 5.75 Å². The SMILES string of the molecule is CNC(=O)[C@H](C)N(Cc1ccccc1)C(=O)CN(c1cc(C)ccc1OC)S(=O)(=O)c1ccccc1. The van der Waals surface area contributed by atoms with Gasteiger partial charge in [-0.3, -0.25) is 13.9 Å². The van der Waals surface area contributed by atoms with Crippen LogP contribution in [0.25, 0.3) is 0 Å². The molecule has 8 nitrogen and oxygen atoms in total. The predicted octanol–water partition coefficient (Wildman–Crippen LogP) is 3.36. The van der Waals surface area contributed by atoms with Crippen molar-refractivity contribution in [3.63, 3.8) is 0 Å². The molecule has 36 heavy (non-hydrogen) atoms. The molecule has 0 aromatic heterocycles. The number of hydrogen-bond acceptors (Lipinski definition) is 5. The molecule has 0 heterocycles. The second-order valence-corrected chi connectivity index (χ2v) is 10.2. The Morgan fingerprint density at radius 2 is 1.58 bits per heavy atom. The van der Waals surface area contributed by atoms with Gasteiger partial charge in [-0.2, -0.15) is 0 Å². The van der Waals surface area contributed by atoms with Crippen LogP contribution in [0.3, 0.4) is 0 Å². The largest absolute Gasteiger partial charge is 0.495 e. The number of ether oxygens (including phenoxy) is 1. The van der Waals surface area contributed by atoms with Crippen LogP contribution in [0.4, 0.5) is 5.69 Å². The molecule has 2 amide bonds. The molecule has 1 N–H and O–H groups in total. The Morgan fingerprint density at radius 1 is 0.972 bits per heavy atom. The Labute approximate surface area is 212 Å². The quantitative estimate of drug-likeness (QED) is 0.452. The van der Waals surface area contributed by atoms with Crippen LogP contribution in [0, 0.1) is 6.92 Å². The minimum Gasteiger partial charge on any atom is -0.495 e. The van der Waals surface area contributed by atoms with Gasteiger partial charge in [-0.1, -0.05) is 54.6 Å². The summed E-state index contributed by atoms with van der Waals surface area (Å²) in [6, 6.07) is 21.4. The summed E-state index contributed by atoms with van der Waals surface area (Å²) in [5.41, 5.74) is 1.85. The molecule has 0 aliphatic carbocycles. The van der Waals surface area contributed by atoms with Gasteiger partial charge in [-0.15, -0.1) is 0 Å². The molecular formula is C27H31N3O5S. The molecule has 0 saturated heterocycles. The van der Waals surface area contributed by atoms with Crippen molar-refractivity contribution in [2.24, 2.45) is 0 Å². The average molecular weight is 510 g/mol. The number of benzene rings is 3. The number of nitrogens with zero attached hydrogens (tertiary/aromatic N) is 2. The maximum Gasteiger partial charge on any atom is 0.264 e. The molecule has 0 fully saturated rings. The fraction of sp³-hybridized carbons (Fsp3) is 0.259. The fourth-order valence-electron chi connectivity index (χ4n) is 3.80. The van der Waals surface area contributed by atoms with E-state index in [1.807, 2.05) is 37.3 Å². The zero-order valence-electron chi connectivity index (χ0n) is 20.8. The third-order valence-corrected chi connectivity index (χ3v) is 7.60. The number of carbonyl (C=O) groups excluding carboxylic acids is 2. The van der Waals surface area contributed by atoms with Gasteiger partial charge in [0.25, 0.3) is 10.0 Å². The molecule has 0 unspecified atom stereocenters. The van der Waals surface area contributed by atoms with Gasteiger partial charge >= 0.3 is 0 Å². The standard InChI is InChI=1S/C27H31N3O5S/c1-20-15-16-25(35-4)24(17-20)30(36(33,34)23-13-9-6-10-14-23)19-26(31)29(21(2)27(32)28-3)18-22-11-7-5-8-12-22/h5-17,21H,18-19H2,1-4H3,(H,28,32)/t21-/m0/s1. The summed E-state index contributed by atoms with van der Waals surface area (Å²) in [6.07, 6.45) is 0. The summed E-state index contributed by atoms with van der Waals surface area (Å²) in [7, 11) is -1.21. The van der Waals surface area contributed by atoms with Crippen molar-refractivity contribution in [2.75, 3.05) is 25.0 Å². The Bertz CT molecular complexity index is 1300. The van der Waals surface area contributed by atoms with Gasteiger partial charge < -0.3 is 15.0 Å². The third-order valence-electron chi connectivity index (χ3n) is 5.82. The van der Waals surface area contributed by atoms with Gasteiger partial charge in [0, 0.05) is 13.6 Å². The molecule has 190 valence electrons. The zero-order chi connectivity index (χ0) is 26.3. The molecule has 0 radical (unpaired) electrons. The Morgan fingerprint density at radius 3 is 2.17 bits per heavy atom. The molecule has 0 aliphatic rings. The monoisotopic (exact) mass is 509 g/mol. The van der Waals surface area contributed by atoms with Gasteiger partial charge in [0.1, 0.15) is 18.3 Å². The smallest absolute Gasteiger partial charge is 0.264 e. The van der Waals surface area contributed by atoms with Crippen molar-refractivity contribution in [2.45, 2.75) is 31.3 Å². The van der Waals surface area contributed by atoms with Crippen LogP contribution in [0.15, 0.2) is 83.8 Å². The van der Waals surface area contributed by atoms with E-state index in [1.54, 1.807) is 43.3 Å². The lowest BCUT2D eigenvalue weighted by molar-refractivity contribution is -0.139. The number of carbonyl (C=O) groups is 2. The minimum absolute atomic E-state index is 0.0373. The highest BCUT2D eigenvalue weighted by Gasteiger charge is 2.33. The molecule has 0 saturated carbocycles. The van der Waals surface area contributed by atoms with Crippen molar-refractivity contribution >= 4 is 27.5 Å². The minimum atomic E-state index is -4.15. The van der Waals surface area contributed by atoms with E-state index < -0.39 is 28.5 Å². The van der Waals surface area contributed by atoms with Crippen LogP contribution in [0.1, 0.15) is 18.1 Å². The van der Waals surface area contributed by atoms with Gasteiger partial charge in [0.15, 0.2) is 0 Å². The molecule has 1 atom stereocenters. The first-order valence-corrected chi connectivity index (χ1v) is 12.9. The van der Waals surface area contributed by atoms with Gasteiger partial charge in [0.05, 0.1) is 17.7 Å². The van der Waals surface area contributed by atoms with Crippen LogP contribution in [0.2, 0.25) is 0 Å². The van der Waals surface area contributed by atoms with E-state index in [0.717, 1.165) is 15.4 Å². The summed E-state index contributed by atoms with van der Waals surface area (Å²) in [4.78, 5) is 27.7. The number of amides is 2. The highest BCUT2D eigenvalue weighted by Crippen LogP contribution is 2.33. The van der Waals surface area contributed by atoms with Gasteiger partial charge in [-0.05, 0) is 49.2 Å². The number of nitrogens with one attached hydrogen (secondary N) is 1. The third kappa shape index (κ3) is 6.04. The number of anilines is 1. The van der Waals surface area contributed by atoms with E-state index in [-0.39, 0.29) is 23.0 Å². The normalized spacial score (nSPS) is 11.9. The van der Waals surface area contributed by atoms with Crippen LogP contribution >= 0.6 is 0 Å². The maximum absolute atomic E-state index is 13.8. The predicted molar refractivity (Wildman–Crippen MR) is 139 cm³/mol. The summed E-state index contributed by atoms with van der Waals surface area (Å²) in [5.74, 6) is -0.579. The van der Waals surface area contributed by atoms with Crippen LogP contribution < -0.4 is 14.4 Å². The summed E-state index contributed by atoms with van der Waals surface area (Å²) >= 11 is 0. The van der Waals surface area contributed by atoms with Crippen molar-refractivity contribution in [1.29, 1.82) is 0 Å². The highest BCUT2D eigenvalue weighted by atomic mass is 32.2. The number of likely N-dealkylation sites (N-methyl/N-ethyl adjacent to an activating group) is 1. The molecule has 3 rings (SSSR count). The number of rotatable bonds is 10. The van der Waals surface area contributed by atoms with Gasteiger partial charge in [-0.25, -0.2) is 8.42 Å². The van der Waals surface area contributed by atoms with Crippen LogP contribution in [0.5, 0.6) is 5.75 Å². The van der Waals surface area contributed by atoms with Crippen molar-refractivity contribution < 1.29 is 22.7 Å². The van der Waals surface area contributed by atoms with E-state index in [9.17, 15) is 18.0 Å². The van der Waals surface area contributed by atoms with Crippen LogP contribution in [-0.4, -0.2) is 51.9 Å². The van der Waals surface area contributed by atoms with Crippen molar-refractivity contribution in [3.05, 3.63) is 90.0 Å². The zero-order valence-corrected chi connectivity index (χ0v) is 21.7. The first-order valence-electron chi connectivity index (χ1n) is 11.5. The molecule has 0 aliphatic heterocycles. The fourth-order valence-corrected chi connectivity index (χ4v) is 5.24. The van der Waals surface area contributed by atoms with E-state index in [1.165, 1.54) is 31.2 Å². The van der Waals surface area contributed by atoms with Gasteiger partial charge in [0.2, 0.25) is 11.8 Å². The lowest BCUT2D eigenvalue weighted by Crippen LogP contribution is -2.50. The Kier molecular flexibility index (Phi) is 8.71.